The van der Waals surface area contributed by atoms with Crippen LogP contribution in [0.4, 0.5) is 0 Å². The number of ether oxygens (including phenoxy) is 1. The fraction of sp³-hybridized carbons (Fsp3) is 0.600. The van der Waals surface area contributed by atoms with Crippen molar-refractivity contribution in [2.75, 3.05) is 7.11 Å². The van der Waals surface area contributed by atoms with Crippen molar-refractivity contribution in [1.29, 1.82) is 0 Å². The van der Waals surface area contributed by atoms with Gasteiger partial charge in [-0.25, -0.2) is 8.42 Å². The maximum absolute atomic E-state index is 12.7. The lowest BCUT2D eigenvalue weighted by Gasteiger charge is -2.24. The third-order valence-corrected chi connectivity index (χ3v) is 6.54. The monoisotopic (exact) mass is 282 g/mol. The highest BCUT2D eigenvalue weighted by molar-refractivity contribution is 7.93. The van der Waals surface area contributed by atoms with E-state index >= 15 is 0 Å². The fourth-order valence-electron chi connectivity index (χ4n) is 2.66. The Morgan fingerprint density at radius 3 is 2.26 bits per heavy atom. The predicted octanol–water partition coefficient (Wildman–Crippen LogP) is 3.24. The van der Waals surface area contributed by atoms with E-state index in [1.807, 2.05) is 18.2 Å². The van der Waals surface area contributed by atoms with Gasteiger partial charge in [0, 0.05) is 12.7 Å². The van der Waals surface area contributed by atoms with E-state index in [1.165, 1.54) is 0 Å². The van der Waals surface area contributed by atoms with Crippen molar-refractivity contribution in [1.82, 2.24) is 0 Å². The second-order valence-electron chi connectivity index (χ2n) is 6.73. The molecular weight excluding hydrogens is 260 g/mol. The summed E-state index contributed by atoms with van der Waals surface area (Å²) in [5, 5.41) is 0. The first-order valence-electron chi connectivity index (χ1n) is 6.45. The molecule has 3 nitrogen and oxygen atoms in total. The van der Waals surface area contributed by atoms with E-state index in [-0.39, 0.29) is 5.41 Å². The number of sulfone groups is 1. The fourth-order valence-corrected chi connectivity index (χ4v) is 4.50. The van der Waals surface area contributed by atoms with Crippen LogP contribution in [0.25, 0.3) is 0 Å². The Morgan fingerprint density at radius 2 is 1.79 bits per heavy atom. The molecule has 0 aliphatic carbocycles. The number of hydrogen-bond donors (Lipinski definition) is 0. The van der Waals surface area contributed by atoms with Gasteiger partial charge >= 0.3 is 0 Å². The zero-order chi connectivity index (χ0) is 14.6. The second-order valence-corrected chi connectivity index (χ2v) is 9.22. The van der Waals surface area contributed by atoms with Gasteiger partial charge in [0.15, 0.2) is 9.84 Å². The van der Waals surface area contributed by atoms with E-state index in [0.717, 1.165) is 11.1 Å². The first-order valence-corrected chi connectivity index (χ1v) is 7.93. The average molecular weight is 282 g/mol. The molecule has 0 N–H and O–H groups in total. The maximum Gasteiger partial charge on any atom is 0.186 e. The van der Waals surface area contributed by atoms with Gasteiger partial charge in [0.2, 0.25) is 0 Å². The molecule has 0 saturated heterocycles. The normalized spacial score (nSPS) is 24.2. The molecule has 1 unspecified atom stereocenters. The Labute approximate surface area is 115 Å². The van der Waals surface area contributed by atoms with Crippen molar-refractivity contribution in [3.8, 4) is 0 Å². The molecule has 19 heavy (non-hydrogen) atoms. The number of methoxy groups -OCH3 is 1. The van der Waals surface area contributed by atoms with Crippen LogP contribution in [0, 0.1) is 0 Å². The molecule has 1 aromatic carbocycles. The summed E-state index contributed by atoms with van der Waals surface area (Å²) >= 11 is 0. The highest BCUT2D eigenvalue weighted by Crippen LogP contribution is 2.49. The van der Waals surface area contributed by atoms with Gasteiger partial charge in [-0.1, -0.05) is 32.9 Å². The van der Waals surface area contributed by atoms with Crippen LogP contribution in [0.5, 0.6) is 0 Å². The van der Waals surface area contributed by atoms with Crippen LogP contribution in [0.3, 0.4) is 0 Å². The van der Waals surface area contributed by atoms with Gasteiger partial charge in [-0.05, 0) is 30.9 Å². The van der Waals surface area contributed by atoms with Crippen molar-refractivity contribution >= 4 is 9.84 Å². The molecule has 106 valence electrons. The lowest BCUT2D eigenvalue weighted by atomic mass is 9.86. The molecule has 2 rings (SSSR count). The summed E-state index contributed by atoms with van der Waals surface area (Å²) in [4.78, 5) is 0.428. The summed E-state index contributed by atoms with van der Waals surface area (Å²) in [6, 6.07) is 5.71. The minimum atomic E-state index is -3.35. The number of hydrogen-bond acceptors (Lipinski definition) is 3. The van der Waals surface area contributed by atoms with Crippen LogP contribution in [0.2, 0.25) is 0 Å². The highest BCUT2D eigenvalue weighted by Gasteiger charge is 2.52. The van der Waals surface area contributed by atoms with Gasteiger partial charge in [0.05, 0.1) is 4.90 Å². The van der Waals surface area contributed by atoms with E-state index in [2.05, 4.69) is 20.8 Å². The summed E-state index contributed by atoms with van der Waals surface area (Å²) in [5.41, 5.74) is 1.74. The van der Waals surface area contributed by atoms with Crippen LogP contribution in [-0.2, 0) is 20.0 Å². The van der Waals surface area contributed by atoms with Gasteiger partial charge < -0.3 is 4.74 Å². The van der Waals surface area contributed by atoms with Gasteiger partial charge in [-0.3, -0.25) is 0 Å². The highest BCUT2D eigenvalue weighted by atomic mass is 32.2. The summed E-state index contributed by atoms with van der Waals surface area (Å²) in [6.07, 6.45) is -0.401. The van der Waals surface area contributed by atoms with E-state index in [1.54, 1.807) is 21.0 Å². The van der Waals surface area contributed by atoms with E-state index in [9.17, 15) is 8.42 Å². The third kappa shape index (κ3) is 1.93. The van der Waals surface area contributed by atoms with Gasteiger partial charge in [-0.2, -0.15) is 0 Å². The Morgan fingerprint density at radius 1 is 1.21 bits per heavy atom. The van der Waals surface area contributed by atoms with Gasteiger partial charge in [0.1, 0.15) is 10.9 Å². The number of benzene rings is 1. The Kier molecular flexibility index (Phi) is 3.11. The van der Waals surface area contributed by atoms with Crippen molar-refractivity contribution in [2.45, 2.75) is 55.8 Å². The van der Waals surface area contributed by atoms with Crippen molar-refractivity contribution in [3.63, 3.8) is 0 Å². The third-order valence-electron chi connectivity index (χ3n) is 4.01. The molecule has 4 heteroatoms. The van der Waals surface area contributed by atoms with E-state index < -0.39 is 20.7 Å². The molecule has 0 saturated carbocycles. The quantitative estimate of drug-likeness (QED) is 0.794. The largest absolute Gasteiger partial charge is 0.375 e. The minimum Gasteiger partial charge on any atom is -0.375 e. The molecule has 1 aliphatic rings. The molecule has 0 radical (unpaired) electrons. The first-order chi connectivity index (χ1) is 8.53. The molecule has 1 atom stereocenters. The van der Waals surface area contributed by atoms with Crippen molar-refractivity contribution in [2.24, 2.45) is 0 Å². The molecule has 0 aromatic heterocycles. The maximum atomic E-state index is 12.7. The Balaban J connectivity index is 2.73. The lowest BCUT2D eigenvalue weighted by Crippen LogP contribution is -2.33. The molecule has 0 bridgehead atoms. The zero-order valence-corrected chi connectivity index (χ0v) is 13.3. The van der Waals surface area contributed by atoms with E-state index in [4.69, 9.17) is 4.74 Å². The Hall–Kier alpha value is -0.870. The van der Waals surface area contributed by atoms with Crippen LogP contribution in [0.1, 0.15) is 51.8 Å². The first kappa shape index (κ1) is 14.5. The van der Waals surface area contributed by atoms with Gasteiger partial charge in [-0.15, -0.1) is 0 Å². The van der Waals surface area contributed by atoms with Crippen molar-refractivity contribution < 1.29 is 13.2 Å². The lowest BCUT2D eigenvalue weighted by molar-refractivity contribution is 0.0784. The SMILES string of the molecule is COC1c2ccc(C(C)(C)C)cc2S(=O)(=O)C1(C)C. The molecule has 0 spiro atoms. The molecular formula is C15H22O3S. The van der Waals surface area contributed by atoms with E-state index in [0.29, 0.717) is 4.90 Å². The summed E-state index contributed by atoms with van der Waals surface area (Å²) in [5.74, 6) is 0. The average Bonchev–Trinajstić information content (AvgIpc) is 2.42. The topological polar surface area (TPSA) is 43.4 Å². The molecule has 0 fully saturated rings. The van der Waals surface area contributed by atoms with Crippen LogP contribution < -0.4 is 0 Å². The van der Waals surface area contributed by atoms with Gasteiger partial charge in [0.25, 0.3) is 0 Å². The summed E-state index contributed by atoms with van der Waals surface area (Å²) in [6.45, 7) is 9.69. The predicted molar refractivity (Wildman–Crippen MR) is 76.2 cm³/mol. The number of rotatable bonds is 1. The molecule has 1 heterocycles. The second kappa shape index (κ2) is 4.06. The molecule has 0 amide bonds. The minimum absolute atomic E-state index is 0.0696. The zero-order valence-electron chi connectivity index (χ0n) is 12.4. The summed E-state index contributed by atoms with van der Waals surface area (Å²) in [7, 11) is -1.79. The Bertz CT molecular complexity index is 607. The number of fused-ring (bicyclic) bond motifs is 1. The summed E-state index contributed by atoms with van der Waals surface area (Å²) < 4.78 is 29.9. The molecule has 1 aromatic rings. The molecule has 1 aliphatic heterocycles. The smallest absolute Gasteiger partial charge is 0.186 e. The standard InChI is InChI=1S/C15H22O3S/c1-14(2,3)10-7-8-11-12(9-10)19(16,17)15(4,5)13(11)18-6/h7-9,13H,1-6H3. The van der Waals surface area contributed by atoms with Crippen molar-refractivity contribution in [3.05, 3.63) is 29.3 Å². The van der Waals surface area contributed by atoms with Crippen LogP contribution >= 0.6 is 0 Å². The van der Waals surface area contributed by atoms with Crippen LogP contribution in [-0.4, -0.2) is 20.3 Å². The van der Waals surface area contributed by atoms with Crippen LogP contribution in [0.15, 0.2) is 23.1 Å².